The quantitative estimate of drug-likeness (QED) is 0.636. The fourth-order valence-electron chi connectivity index (χ4n) is 2.11. The van der Waals surface area contributed by atoms with Crippen molar-refractivity contribution in [2.45, 2.75) is 30.7 Å². The molecular formula is C15H18ClN. The number of hydrogen-bond donors (Lipinski definition) is 1. The molecule has 0 saturated carbocycles. The van der Waals surface area contributed by atoms with E-state index in [-0.39, 0.29) is 0 Å². The molecule has 1 aromatic carbocycles. The molecule has 0 saturated heterocycles. The summed E-state index contributed by atoms with van der Waals surface area (Å²) in [5, 5.41) is 0. The Morgan fingerprint density at radius 2 is 1.94 bits per heavy atom. The Bertz CT molecular complexity index is 418. The zero-order chi connectivity index (χ0) is 12.1. The van der Waals surface area contributed by atoms with Crippen LogP contribution in [0.1, 0.15) is 24.8 Å². The molecule has 1 atom stereocenters. The average Bonchev–Trinajstić information content (AvgIpc) is 2.32. The van der Waals surface area contributed by atoms with Crippen molar-refractivity contribution in [3.63, 3.8) is 0 Å². The monoisotopic (exact) mass is 247 g/mol. The Balaban J connectivity index is 1.87. The van der Waals surface area contributed by atoms with E-state index in [1.165, 1.54) is 5.56 Å². The summed E-state index contributed by atoms with van der Waals surface area (Å²) >= 11 is 6.28. The summed E-state index contributed by atoms with van der Waals surface area (Å²) in [4.78, 5) is -0.661. The second kappa shape index (κ2) is 5.52. The third kappa shape index (κ3) is 3.45. The van der Waals surface area contributed by atoms with Crippen LogP contribution in [-0.4, -0.2) is 5.00 Å². The van der Waals surface area contributed by atoms with Gasteiger partial charge < -0.3 is 5.73 Å². The predicted molar refractivity (Wildman–Crippen MR) is 74.0 cm³/mol. The zero-order valence-electron chi connectivity index (χ0n) is 9.90. The maximum absolute atomic E-state index is 6.28. The Kier molecular flexibility index (Phi) is 4.03. The molecule has 2 rings (SSSR count). The van der Waals surface area contributed by atoms with Gasteiger partial charge in [-0.05, 0) is 30.4 Å². The van der Waals surface area contributed by atoms with E-state index < -0.39 is 5.00 Å². The topological polar surface area (TPSA) is 26.0 Å². The van der Waals surface area contributed by atoms with Crippen LogP contribution < -0.4 is 5.73 Å². The second-order valence-electron chi connectivity index (χ2n) is 4.53. The van der Waals surface area contributed by atoms with Crippen molar-refractivity contribution in [2.75, 3.05) is 0 Å². The Morgan fingerprint density at radius 1 is 1.18 bits per heavy atom. The van der Waals surface area contributed by atoms with Gasteiger partial charge in [-0.25, -0.2) is 0 Å². The molecule has 1 aliphatic rings. The largest absolute Gasteiger partial charge is 0.309 e. The predicted octanol–water partition coefficient (Wildman–Crippen LogP) is 3.79. The molecule has 2 heteroatoms. The molecule has 0 aliphatic heterocycles. The van der Waals surface area contributed by atoms with Crippen LogP contribution in [0.2, 0.25) is 0 Å². The van der Waals surface area contributed by atoms with Crippen molar-refractivity contribution in [3.8, 4) is 0 Å². The summed E-state index contributed by atoms with van der Waals surface area (Å²) in [5.74, 6) is 0. The molecule has 1 nitrogen and oxygen atoms in total. The van der Waals surface area contributed by atoms with E-state index in [1.54, 1.807) is 0 Å². The number of nitrogens with two attached hydrogens (primary N) is 1. The third-order valence-corrected chi connectivity index (χ3v) is 3.53. The minimum atomic E-state index is -0.661. The van der Waals surface area contributed by atoms with Gasteiger partial charge in [-0.2, -0.15) is 0 Å². The highest BCUT2D eigenvalue weighted by atomic mass is 35.5. The van der Waals surface area contributed by atoms with Gasteiger partial charge in [-0.1, -0.05) is 60.2 Å². The number of benzene rings is 1. The summed E-state index contributed by atoms with van der Waals surface area (Å²) in [6.07, 6.45) is 10.00. The highest BCUT2D eigenvalue weighted by molar-refractivity contribution is 6.25. The van der Waals surface area contributed by atoms with Gasteiger partial charge >= 0.3 is 0 Å². The first-order chi connectivity index (χ1) is 8.18. The number of allylic oxidation sites excluding steroid dienone is 2. The van der Waals surface area contributed by atoms with Gasteiger partial charge in [0.1, 0.15) is 5.00 Å². The van der Waals surface area contributed by atoms with Crippen molar-refractivity contribution in [3.05, 3.63) is 59.7 Å². The van der Waals surface area contributed by atoms with Crippen LogP contribution in [0.4, 0.5) is 0 Å². The first kappa shape index (κ1) is 12.4. The van der Waals surface area contributed by atoms with Gasteiger partial charge in [-0.15, -0.1) is 0 Å². The molecule has 0 spiro atoms. The lowest BCUT2D eigenvalue weighted by Crippen LogP contribution is -2.35. The van der Waals surface area contributed by atoms with Crippen LogP contribution >= 0.6 is 11.6 Å². The molecule has 0 aromatic heterocycles. The molecule has 1 aliphatic carbocycles. The molecule has 0 heterocycles. The maximum atomic E-state index is 6.28. The van der Waals surface area contributed by atoms with E-state index >= 15 is 0 Å². The summed E-state index contributed by atoms with van der Waals surface area (Å²) in [5.41, 5.74) is 8.57. The summed E-state index contributed by atoms with van der Waals surface area (Å²) in [6, 6.07) is 10.5. The van der Waals surface area contributed by atoms with Crippen LogP contribution in [0.3, 0.4) is 0 Å². The third-order valence-electron chi connectivity index (χ3n) is 3.14. The van der Waals surface area contributed by atoms with Gasteiger partial charge in [0.2, 0.25) is 0 Å². The van der Waals surface area contributed by atoms with E-state index in [2.05, 4.69) is 30.3 Å². The van der Waals surface area contributed by atoms with Crippen molar-refractivity contribution in [1.29, 1.82) is 0 Å². The van der Waals surface area contributed by atoms with Gasteiger partial charge in [-0.3, -0.25) is 0 Å². The van der Waals surface area contributed by atoms with Crippen molar-refractivity contribution in [2.24, 2.45) is 5.73 Å². The van der Waals surface area contributed by atoms with Crippen LogP contribution in [0, 0.1) is 0 Å². The fraction of sp³-hybridized carbons (Fsp3) is 0.333. The fourth-order valence-corrected chi connectivity index (χ4v) is 2.36. The lowest BCUT2D eigenvalue weighted by Gasteiger charge is -2.26. The molecular weight excluding hydrogens is 230 g/mol. The summed E-state index contributed by atoms with van der Waals surface area (Å²) < 4.78 is 0. The van der Waals surface area contributed by atoms with E-state index in [0.29, 0.717) is 0 Å². The standard InChI is InChI=1S/C15H18ClN/c16-15(17)12-5-4-10-14(15)11-6-9-13-7-2-1-3-8-13/h1-5,7-8,10H,6,9,11-12,17H2. The number of aryl methyl sites for hydroxylation is 1. The highest BCUT2D eigenvalue weighted by Gasteiger charge is 2.26. The first-order valence-corrected chi connectivity index (χ1v) is 6.44. The molecule has 0 amide bonds. The van der Waals surface area contributed by atoms with Crippen LogP contribution in [0.5, 0.6) is 0 Å². The minimum Gasteiger partial charge on any atom is -0.309 e. The zero-order valence-corrected chi connectivity index (χ0v) is 10.7. The molecule has 0 radical (unpaired) electrons. The van der Waals surface area contributed by atoms with E-state index in [0.717, 1.165) is 31.3 Å². The van der Waals surface area contributed by atoms with Crippen LogP contribution in [-0.2, 0) is 6.42 Å². The highest BCUT2D eigenvalue weighted by Crippen LogP contribution is 2.30. The smallest absolute Gasteiger partial charge is 0.116 e. The van der Waals surface area contributed by atoms with Crippen molar-refractivity contribution in [1.82, 2.24) is 0 Å². The lowest BCUT2D eigenvalue weighted by molar-refractivity contribution is 0.639. The molecule has 1 aromatic rings. The Hall–Kier alpha value is -1.05. The first-order valence-electron chi connectivity index (χ1n) is 6.06. The van der Waals surface area contributed by atoms with Crippen LogP contribution in [0.15, 0.2) is 54.1 Å². The molecule has 0 fully saturated rings. The Labute approximate surface area is 108 Å². The molecule has 0 bridgehead atoms. The van der Waals surface area contributed by atoms with Gasteiger partial charge in [0, 0.05) is 6.42 Å². The van der Waals surface area contributed by atoms with Crippen LogP contribution in [0.25, 0.3) is 0 Å². The number of halogens is 1. The second-order valence-corrected chi connectivity index (χ2v) is 5.20. The maximum Gasteiger partial charge on any atom is 0.116 e. The molecule has 1 unspecified atom stereocenters. The van der Waals surface area contributed by atoms with Crippen molar-refractivity contribution < 1.29 is 0 Å². The van der Waals surface area contributed by atoms with E-state index in [1.807, 2.05) is 18.2 Å². The Morgan fingerprint density at radius 3 is 2.65 bits per heavy atom. The number of hydrogen-bond acceptors (Lipinski definition) is 1. The minimum absolute atomic E-state index is 0.661. The van der Waals surface area contributed by atoms with Crippen molar-refractivity contribution >= 4 is 11.6 Å². The molecule has 90 valence electrons. The summed E-state index contributed by atoms with van der Waals surface area (Å²) in [6.45, 7) is 0. The lowest BCUT2D eigenvalue weighted by atomic mass is 9.93. The van der Waals surface area contributed by atoms with Gasteiger partial charge in [0.05, 0.1) is 0 Å². The number of alkyl halides is 1. The normalized spacial score (nSPS) is 23.5. The average molecular weight is 248 g/mol. The summed E-state index contributed by atoms with van der Waals surface area (Å²) in [7, 11) is 0. The van der Waals surface area contributed by atoms with E-state index in [9.17, 15) is 0 Å². The number of rotatable bonds is 4. The van der Waals surface area contributed by atoms with E-state index in [4.69, 9.17) is 17.3 Å². The SMILES string of the molecule is NC1(Cl)CC=CC=C1CCCc1ccccc1. The van der Waals surface area contributed by atoms with Gasteiger partial charge in [0.25, 0.3) is 0 Å². The molecule has 17 heavy (non-hydrogen) atoms. The molecule has 2 N–H and O–H groups in total. The van der Waals surface area contributed by atoms with Gasteiger partial charge in [0.15, 0.2) is 0 Å².